The number of aryl methyl sites for hydroxylation is 2. The number of carbonyl (C=O) groups excluding carboxylic acids is 2. The molecule has 1 aliphatic carbocycles. The lowest BCUT2D eigenvalue weighted by Crippen LogP contribution is -2.52. The molecular weight excluding hydrogens is 290 g/mol. The van der Waals surface area contributed by atoms with Gasteiger partial charge in [-0.3, -0.25) is 4.79 Å². The Kier molecular flexibility index (Phi) is 4.26. The third-order valence-corrected chi connectivity index (χ3v) is 5.30. The molecule has 1 amide bonds. The fourth-order valence-corrected chi connectivity index (χ4v) is 4.13. The lowest BCUT2D eigenvalue weighted by Gasteiger charge is -2.33. The summed E-state index contributed by atoms with van der Waals surface area (Å²) in [5, 5.41) is 0. The Morgan fingerprint density at radius 1 is 1.38 bits per heavy atom. The maximum Gasteiger partial charge on any atom is 0.331 e. The average Bonchev–Trinajstić information content (AvgIpc) is 2.97. The second kappa shape index (κ2) is 6.15. The Bertz CT molecular complexity index is 530. The number of nitrogens with zero attached hydrogens (tertiary/aromatic N) is 1. The number of rotatable bonds is 2. The highest BCUT2D eigenvalue weighted by Gasteiger charge is 2.35. The molecule has 1 saturated heterocycles. The lowest BCUT2D eigenvalue weighted by molar-refractivity contribution is -0.151. The van der Waals surface area contributed by atoms with Crippen LogP contribution in [0.3, 0.4) is 0 Å². The normalized spacial score (nSPS) is 21.8. The van der Waals surface area contributed by atoms with Gasteiger partial charge in [0.15, 0.2) is 6.04 Å². The Labute approximate surface area is 127 Å². The van der Waals surface area contributed by atoms with Crippen molar-refractivity contribution < 1.29 is 19.1 Å². The highest BCUT2D eigenvalue weighted by atomic mass is 32.1. The highest BCUT2D eigenvalue weighted by molar-refractivity contribution is 7.14. The molecule has 5 nitrogen and oxygen atoms in total. The van der Waals surface area contributed by atoms with Crippen LogP contribution in [0.25, 0.3) is 0 Å². The molecule has 1 unspecified atom stereocenters. The van der Waals surface area contributed by atoms with Gasteiger partial charge in [0.05, 0.1) is 25.2 Å². The first kappa shape index (κ1) is 14.5. The largest absolute Gasteiger partial charge is 0.467 e. The van der Waals surface area contributed by atoms with E-state index in [1.54, 1.807) is 16.2 Å². The summed E-state index contributed by atoms with van der Waals surface area (Å²) in [6.07, 6.45) is 4.52. The summed E-state index contributed by atoms with van der Waals surface area (Å²) >= 11 is 1.57. The second-order valence-corrected chi connectivity index (χ2v) is 6.52. The van der Waals surface area contributed by atoms with Gasteiger partial charge in [-0.15, -0.1) is 11.3 Å². The van der Waals surface area contributed by atoms with Crippen LogP contribution in [-0.4, -0.2) is 49.7 Å². The van der Waals surface area contributed by atoms with Gasteiger partial charge in [0.25, 0.3) is 5.91 Å². The molecule has 0 radical (unpaired) electrons. The van der Waals surface area contributed by atoms with Gasteiger partial charge in [-0.1, -0.05) is 0 Å². The van der Waals surface area contributed by atoms with Gasteiger partial charge in [-0.05, 0) is 37.3 Å². The summed E-state index contributed by atoms with van der Waals surface area (Å²) < 4.78 is 10.1. The molecule has 0 saturated carbocycles. The molecule has 3 rings (SSSR count). The number of ether oxygens (including phenoxy) is 2. The number of fused-ring (bicyclic) bond motifs is 1. The Balaban J connectivity index is 1.82. The minimum atomic E-state index is -0.629. The monoisotopic (exact) mass is 309 g/mol. The molecule has 0 spiro atoms. The molecule has 0 aromatic carbocycles. The van der Waals surface area contributed by atoms with Crippen LogP contribution in [0.4, 0.5) is 0 Å². The number of morpholine rings is 1. The predicted molar refractivity (Wildman–Crippen MR) is 78.6 cm³/mol. The van der Waals surface area contributed by atoms with Gasteiger partial charge in [0, 0.05) is 11.4 Å². The van der Waals surface area contributed by atoms with E-state index in [9.17, 15) is 9.59 Å². The molecule has 6 heteroatoms. The first-order chi connectivity index (χ1) is 10.2. The number of hydrogen-bond donors (Lipinski definition) is 0. The first-order valence-electron chi connectivity index (χ1n) is 7.29. The summed E-state index contributed by atoms with van der Waals surface area (Å²) in [6.45, 7) is 1.11. The molecule has 2 aliphatic rings. The van der Waals surface area contributed by atoms with Crippen molar-refractivity contribution in [2.45, 2.75) is 31.7 Å². The molecule has 1 atom stereocenters. The van der Waals surface area contributed by atoms with Gasteiger partial charge in [-0.25, -0.2) is 4.79 Å². The van der Waals surface area contributed by atoms with Crippen molar-refractivity contribution in [3.63, 3.8) is 0 Å². The van der Waals surface area contributed by atoms with E-state index >= 15 is 0 Å². The molecule has 0 N–H and O–H groups in total. The zero-order valence-electron chi connectivity index (χ0n) is 12.1. The van der Waals surface area contributed by atoms with Crippen LogP contribution in [0.2, 0.25) is 0 Å². The van der Waals surface area contributed by atoms with Gasteiger partial charge in [0.1, 0.15) is 0 Å². The van der Waals surface area contributed by atoms with Gasteiger partial charge < -0.3 is 14.4 Å². The van der Waals surface area contributed by atoms with Gasteiger partial charge >= 0.3 is 5.97 Å². The van der Waals surface area contributed by atoms with E-state index in [4.69, 9.17) is 9.47 Å². The molecule has 1 aromatic rings. The van der Waals surface area contributed by atoms with E-state index in [-0.39, 0.29) is 12.5 Å². The standard InChI is InChI=1S/C15H19NO4S/c1-19-15(18)11-9-20-7-6-16(11)14(17)13-8-10-4-2-3-5-12(10)21-13/h8,11H,2-7,9H2,1H3. The fraction of sp³-hybridized carbons (Fsp3) is 0.600. The summed E-state index contributed by atoms with van der Waals surface area (Å²) in [4.78, 5) is 28.2. The van der Waals surface area contributed by atoms with E-state index in [1.807, 2.05) is 6.07 Å². The van der Waals surface area contributed by atoms with Crippen LogP contribution >= 0.6 is 11.3 Å². The third kappa shape index (κ3) is 2.82. The van der Waals surface area contributed by atoms with Gasteiger partial charge in [0.2, 0.25) is 0 Å². The zero-order valence-corrected chi connectivity index (χ0v) is 12.9. The molecule has 1 aromatic heterocycles. The van der Waals surface area contributed by atoms with Crippen LogP contribution in [0.15, 0.2) is 6.07 Å². The minimum absolute atomic E-state index is 0.0758. The summed E-state index contributed by atoms with van der Waals surface area (Å²) in [6, 6.07) is 1.38. The SMILES string of the molecule is COC(=O)C1COCCN1C(=O)c1cc2c(s1)CCCC2. The highest BCUT2D eigenvalue weighted by Crippen LogP contribution is 2.31. The van der Waals surface area contributed by atoms with E-state index in [0.717, 1.165) is 17.7 Å². The third-order valence-electron chi connectivity index (χ3n) is 4.07. The van der Waals surface area contributed by atoms with Crippen LogP contribution in [0, 0.1) is 0 Å². The molecular formula is C15H19NO4S. The van der Waals surface area contributed by atoms with Crippen molar-refractivity contribution in [1.82, 2.24) is 4.90 Å². The molecule has 2 heterocycles. The molecule has 0 bridgehead atoms. The number of carbonyl (C=O) groups is 2. The first-order valence-corrected chi connectivity index (χ1v) is 8.10. The minimum Gasteiger partial charge on any atom is -0.467 e. The number of esters is 1. The van der Waals surface area contributed by atoms with E-state index in [0.29, 0.717) is 13.2 Å². The Morgan fingerprint density at radius 2 is 2.19 bits per heavy atom. The summed E-state index contributed by atoms with van der Waals surface area (Å²) in [5.41, 5.74) is 1.30. The molecule has 1 fully saturated rings. The van der Waals surface area contributed by atoms with Crippen molar-refractivity contribution in [3.8, 4) is 0 Å². The van der Waals surface area contributed by atoms with E-state index in [2.05, 4.69) is 0 Å². The molecule has 1 aliphatic heterocycles. The van der Waals surface area contributed by atoms with E-state index in [1.165, 1.54) is 30.4 Å². The second-order valence-electron chi connectivity index (χ2n) is 5.38. The summed E-state index contributed by atoms with van der Waals surface area (Å²) in [7, 11) is 1.34. The van der Waals surface area contributed by atoms with Crippen molar-refractivity contribution in [3.05, 3.63) is 21.4 Å². The Hall–Kier alpha value is -1.40. The lowest BCUT2D eigenvalue weighted by atomic mass is 9.99. The van der Waals surface area contributed by atoms with Crippen LogP contribution in [0.5, 0.6) is 0 Å². The van der Waals surface area contributed by atoms with Crippen molar-refractivity contribution in [2.24, 2.45) is 0 Å². The fourth-order valence-electron chi connectivity index (χ4n) is 2.92. The van der Waals surface area contributed by atoms with E-state index < -0.39 is 12.0 Å². The number of hydrogen-bond acceptors (Lipinski definition) is 5. The smallest absolute Gasteiger partial charge is 0.331 e. The topological polar surface area (TPSA) is 55.8 Å². The van der Waals surface area contributed by atoms with Crippen LogP contribution < -0.4 is 0 Å². The average molecular weight is 309 g/mol. The Morgan fingerprint density at radius 3 is 2.95 bits per heavy atom. The summed E-state index contributed by atoms with van der Waals surface area (Å²) in [5.74, 6) is -0.488. The zero-order chi connectivity index (χ0) is 14.8. The van der Waals surface area contributed by atoms with Gasteiger partial charge in [-0.2, -0.15) is 0 Å². The number of thiophene rings is 1. The number of methoxy groups -OCH3 is 1. The van der Waals surface area contributed by atoms with Crippen LogP contribution in [-0.2, 0) is 27.1 Å². The predicted octanol–water partition coefficient (Wildman–Crippen LogP) is 1.64. The van der Waals surface area contributed by atoms with Crippen LogP contribution in [0.1, 0.15) is 33.0 Å². The van der Waals surface area contributed by atoms with Crippen molar-refractivity contribution in [2.75, 3.05) is 26.9 Å². The maximum absolute atomic E-state index is 12.7. The molecule has 114 valence electrons. The number of amides is 1. The maximum atomic E-state index is 12.7. The molecule has 21 heavy (non-hydrogen) atoms. The van der Waals surface area contributed by atoms with Crippen molar-refractivity contribution >= 4 is 23.2 Å². The van der Waals surface area contributed by atoms with Crippen molar-refractivity contribution in [1.29, 1.82) is 0 Å². The quantitative estimate of drug-likeness (QED) is 0.779.